The van der Waals surface area contributed by atoms with Crippen LogP contribution < -0.4 is 16.7 Å². The van der Waals surface area contributed by atoms with Crippen LogP contribution in [0.15, 0.2) is 35.6 Å². The highest BCUT2D eigenvalue weighted by Gasteiger charge is 2.36. The van der Waals surface area contributed by atoms with Crippen molar-refractivity contribution in [2.45, 2.75) is 24.6 Å². The normalized spacial score (nSPS) is 20.7. The number of thioether (sulfide) groups is 1. The number of anilines is 1. The monoisotopic (exact) mass is 482 g/mol. The van der Waals surface area contributed by atoms with Crippen molar-refractivity contribution in [2.24, 2.45) is 16.8 Å². The molecule has 2 saturated heterocycles. The first-order valence-electron chi connectivity index (χ1n) is 11.0. The van der Waals surface area contributed by atoms with Crippen LogP contribution in [0.3, 0.4) is 0 Å². The second-order valence-corrected chi connectivity index (χ2v) is 9.65. The van der Waals surface area contributed by atoms with Gasteiger partial charge in [-0.2, -0.15) is 22.1 Å². The maximum absolute atomic E-state index is 13.9. The largest absolute Gasteiger partial charge is 0.339 e. The summed E-state index contributed by atoms with van der Waals surface area (Å²) >= 11 is 1.81. The summed E-state index contributed by atoms with van der Waals surface area (Å²) in [6.45, 7) is 4.75. The van der Waals surface area contributed by atoms with E-state index in [-0.39, 0.29) is 29.2 Å². The third-order valence-electron chi connectivity index (χ3n) is 6.39. The molecule has 34 heavy (non-hydrogen) atoms. The van der Waals surface area contributed by atoms with Crippen LogP contribution >= 0.6 is 11.8 Å². The molecule has 0 spiro atoms. The van der Waals surface area contributed by atoms with E-state index in [2.05, 4.69) is 15.0 Å². The number of aromatic nitrogens is 1. The molecule has 1 amide bonds. The van der Waals surface area contributed by atoms with Gasteiger partial charge in [0.15, 0.2) is 0 Å². The number of fused-ring (bicyclic) bond motifs is 1. The van der Waals surface area contributed by atoms with E-state index in [1.54, 1.807) is 24.4 Å². The molecule has 2 atom stereocenters. The van der Waals surface area contributed by atoms with Crippen molar-refractivity contribution < 1.29 is 9.18 Å². The lowest BCUT2D eigenvalue weighted by molar-refractivity contribution is -0.133. The first kappa shape index (κ1) is 23.9. The van der Waals surface area contributed by atoms with Gasteiger partial charge in [0.1, 0.15) is 18.2 Å². The van der Waals surface area contributed by atoms with Crippen LogP contribution in [0.4, 0.5) is 10.1 Å². The summed E-state index contributed by atoms with van der Waals surface area (Å²) in [6.07, 6.45) is 3.08. The number of halogens is 1. The summed E-state index contributed by atoms with van der Waals surface area (Å²) in [5, 5.41) is 14.1. The predicted octanol–water partition coefficient (Wildman–Crippen LogP) is 1.53. The molecule has 2 fully saturated rings. The van der Waals surface area contributed by atoms with Crippen molar-refractivity contribution in [1.82, 2.24) is 14.8 Å². The Morgan fingerprint density at radius 2 is 2.21 bits per heavy atom. The fraction of sp³-hybridized carbons (Fsp3) is 0.391. The third kappa shape index (κ3) is 4.99. The van der Waals surface area contributed by atoms with Crippen LogP contribution in [-0.2, 0) is 11.2 Å². The summed E-state index contributed by atoms with van der Waals surface area (Å²) in [5.41, 5.74) is 3.16. The predicted molar refractivity (Wildman–Crippen MR) is 130 cm³/mol. The number of nitrogens with two attached hydrogens (primary N) is 2. The van der Waals surface area contributed by atoms with Gasteiger partial charge in [-0.15, -0.1) is 0 Å². The number of carbonyl (C=O) groups excluding carboxylic acids is 1. The summed E-state index contributed by atoms with van der Waals surface area (Å²) in [5.74, 6) is 11.3. The van der Waals surface area contributed by atoms with Crippen molar-refractivity contribution in [2.75, 3.05) is 36.9 Å². The minimum Gasteiger partial charge on any atom is -0.339 e. The van der Waals surface area contributed by atoms with Crippen LogP contribution in [0.5, 0.6) is 0 Å². The molecule has 0 radical (unpaired) electrons. The average Bonchev–Trinajstić information content (AvgIpc) is 2.84. The topological polar surface area (TPSA) is 128 Å². The highest BCUT2D eigenvalue weighted by Crippen LogP contribution is 2.39. The molecule has 3 heterocycles. The zero-order valence-corrected chi connectivity index (χ0v) is 19.7. The second-order valence-electron chi connectivity index (χ2n) is 8.42. The number of hydrogen-bond acceptors (Lipinski definition) is 8. The number of pyridine rings is 1. The Hall–Kier alpha value is -3.20. The summed E-state index contributed by atoms with van der Waals surface area (Å²) < 4.78 is 13.9. The van der Waals surface area contributed by atoms with Crippen LogP contribution in [0, 0.1) is 24.1 Å². The molecule has 1 aromatic heterocycles. The van der Waals surface area contributed by atoms with Gasteiger partial charge in [0.25, 0.3) is 0 Å². The zero-order valence-electron chi connectivity index (χ0n) is 18.9. The highest BCUT2D eigenvalue weighted by molar-refractivity contribution is 7.99. The van der Waals surface area contributed by atoms with Gasteiger partial charge in [-0.1, -0.05) is 6.07 Å². The molecule has 178 valence electrons. The Bertz CT molecular complexity index is 1120. The smallest absolute Gasteiger partial charge is 0.228 e. The number of benzene rings is 1. The molecule has 4 N–H and O–H groups in total. The molecule has 9 nitrogen and oxygen atoms in total. The van der Waals surface area contributed by atoms with Gasteiger partial charge in [0.05, 0.1) is 23.9 Å². The van der Waals surface area contributed by atoms with Crippen LogP contribution in [0.1, 0.15) is 27.6 Å². The van der Waals surface area contributed by atoms with Gasteiger partial charge < -0.3 is 10.7 Å². The van der Waals surface area contributed by atoms with E-state index in [1.807, 2.05) is 29.7 Å². The molecule has 0 aliphatic carbocycles. The van der Waals surface area contributed by atoms with E-state index >= 15 is 0 Å². The van der Waals surface area contributed by atoms with Crippen molar-refractivity contribution in [3.05, 3.63) is 58.7 Å². The molecule has 2 aromatic rings. The fourth-order valence-electron chi connectivity index (χ4n) is 4.46. The number of hydrazine groups is 1. The molecule has 2 unspecified atom stereocenters. The SMILES string of the molecule is Cc1c(C2CN3CCN(C(=O)Cc4ccc(N(N)/C=N\N)cn4)CC3CS2)ccc(F)c1C#N. The summed E-state index contributed by atoms with van der Waals surface area (Å²) in [6, 6.07) is 8.99. The molecular weight excluding hydrogens is 455 g/mol. The Labute approximate surface area is 202 Å². The number of hydrazone groups is 1. The minimum absolute atomic E-state index is 0.0492. The van der Waals surface area contributed by atoms with E-state index in [0.29, 0.717) is 24.5 Å². The summed E-state index contributed by atoms with van der Waals surface area (Å²) in [7, 11) is 0. The van der Waals surface area contributed by atoms with Crippen molar-refractivity contribution in [3.8, 4) is 6.07 Å². The van der Waals surface area contributed by atoms with Gasteiger partial charge in [-0.05, 0) is 36.2 Å². The zero-order chi connectivity index (χ0) is 24.2. The number of rotatable bonds is 5. The number of nitriles is 1. The minimum atomic E-state index is -0.469. The number of nitrogens with zero attached hydrogens (tertiary/aromatic N) is 6. The lowest BCUT2D eigenvalue weighted by Crippen LogP contribution is -2.58. The first-order valence-corrected chi connectivity index (χ1v) is 12.0. The Morgan fingerprint density at radius 3 is 2.91 bits per heavy atom. The van der Waals surface area contributed by atoms with Gasteiger partial charge in [-0.25, -0.2) is 10.2 Å². The average molecular weight is 483 g/mol. The van der Waals surface area contributed by atoms with Crippen LogP contribution in [0.25, 0.3) is 0 Å². The quantitative estimate of drug-likeness (QED) is 0.284. The first-order chi connectivity index (χ1) is 16.4. The lowest BCUT2D eigenvalue weighted by Gasteiger charge is -2.46. The number of carbonyl (C=O) groups is 1. The highest BCUT2D eigenvalue weighted by atomic mass is 32.2. The number of piperazine rings is 1. The third-order valence-corrected chi connectivity index (χ3v) is 7.78. The maximum atomic E-state index is 13.9. The molecule has 2 aliphatic rings. The maximum Gasteiger partial charge on any atom is 0.228 e. The van der Waals surface area contributed by atoms with Crippen LogP contribution in [-0.4, -0.2) is 65.0 Å². The molecule has 11 heteroatoms. The second kappa shape index (κ2) is 10.4. The van der Waals surface area contributed by atoms with E-state index in [1.165, 1.54) is 17.4 Å². The Kier molecular flexibility index (Phi) is 7.31. The van der Waals surface area contributed by atoms with Crippen molar-refractivity contribution >= 4 is 29.7 Å². The molecule has 0 saturated carbocycles. The Balaban J connectivity index is 1.35. The van der Waals surface area contributed by atoms with E-state index in [0.717, 1.165) is 30.0 Å². The molecule has 0 bridgehead atoms. The fourth-order valence-corrected chi connectivity index (χ4v) is 5.96. The van der Waals surface area contributed by atoms with E-state index in [9.17, 15) is 14.4 Å². The molecule has 2 aliphatic heterocycles. The lowest BCUT2D eigenvalue weighted by atomic mass is 9.99. The van der Waals surface area contributed by atoms with Crippen molar-refractivity contribution in [1.29, 1.82) is 5.26 Å². The number of hydrogen-bond donors (Lipinski definition) is 2. The molecule has 1 aromatic carbocycles. The van der Waals surface area contributed by atoms with E-state index < -0.39 is 5.82 Å². The summed E-state index contributed by atoms with van der Waals surface area (Å²) in [4.78, 5) is 21.6. The van der Waals surface area contributed by atoms with Gasteiger partial charge >= 0.3 is 0 Å². The molecule has 4 rings (SSSR count). The molecular formula is C23H27FN8OS. The van der Waals surface area contributed by atoms with Gasteiger partial charge in [0.2, 0.25) is 5.91 Å². The standard InChI is InChI=1S/C23H27FN8OS/c1-15-19(4-5-21(24)20(15)9-25)22-12-30-6-7-31(11-18(30)13-34-22)23(33)8-16-2-3-17(10-28-16)32(27)14-29-26/h2-5,10,14,18,22H,6-8,11-13,26-27H2,1H3/b29-14-. The van der Waals surface area contributed by atoms with Gasteiger partial charge in [-0.3, -0.25) is 19.7 Å². The van der Waals surface area contributed by atoms with Crippen LogP contribution in [0.2, 0.25) is 0 Å². The van der Waals surface area contributed by atoms with Gasteiger partial charge in [0, 0.05) is 48.9 Å². The number of amides is 1. The van der Waals surface area contributed by atoms with E-state index in [4.69, 9.17) is 11.7 Å². The van der Waals surface area contributed by atoms with Crippen molar-refractivity contribution in [3.63, 3.8) is 0 Å². The Morgan fingerprint density at radius 1 is 1.38 bits per heavy atom.